The summed E-state index contributed by atoms with van der Waals surface area (Å²) in [5.74, 6) is -1.34. The van der Waals surface area contributed by atoms with Crippen molar-refractivity contribution in [2.24, 2.45) is 0 Å². The van der Waals surface area contributed by atoms with E-state index in [0.29, 0.717) is 12.2 Å². The minimum atomic E-state index is -1.01. The van der Waals surface area contributed by atoms with Gasteiger partial charge in [-0.05, 0) is 48.0 Å². The van der Waals surface area contributed by atoms with Crippen LogP contribution in [-0.4, -0.2) is 14.9 Å². The van der Waals surface area contributed by atoms with Crippen molar-refractivity contribution in [3.8, 4) is 0 Å². The number of nitrogens with zero attached hydrogens (tertiary/aromatic N) is 2. The third kappa shape index (κ3) is 2.91. The first-order valence-corrected chi connectivity index (χ1v) is 7.08. The van der Waals surface area contributed by atoms with Crippen LogP contribution in [0.2, 0.25) is 0 Å². The van der Waals surface area contributed by atoms with Crippen molar-refractivity contribution in [2.75, 3.05) is 0 Å². The van der Waals surface area contributed by atoms with Crippen LogP contribution in [0.15, 0.2) is 22.7 Å². The highest BCUT2D eigenvalue weighted by Gasteiger charge is 2.20. The zero-order valence-electron chi connectivity index (χ0n) is 11.2. The molecule has 0 aliphatic heterocycles. The maximum atomic E-state index is 13.9. The van der Waals surface area contributed by atoms with E-state index < -0.39 is 17.7 Å². The van der Waals surface area contributed by atoms with Gasteiger partial charge in [0.25, 0.3) is 0 Å². The first-order valence-electron chi connectivity index (χ1n) is 6.28. The molecule has 0 aliphatic rings. The fourth-order valence-corrected chi connectivity index (χ4v) is 2.51. The van der Waals surface area contributed by atoms with Crippen LogP contribution in [-0.2, 0) is 13.0 Å². The second kappa shape index (κ2) is 6.01. The predicted molar refractivity (Wildman–Crippen MR) is 75.4 cm³/mol. The topological polar surface area (TPSA) is 38.0 Å². The van der Waals surface area contributed by atoms with Crippen LogP contribution >= 0.6 is 15.9 Å². The molecular weight excluding hydrogens is 330 g/mol. The summed E-state index contributed by atoms with van der Waals surface area (Å²) in [5.41, 5.74) is 1.19. The normalized spacial score (nSPS) is 12.7. The Labute approximate surface area is 124 Å². The van der Waals surface area contributed by atoms with Crippen LogP contribution < -0.4 is 0 Å². The van der Waals surface area contributed by atoms with Crippen LogP contribution in [0.1, 0.15) is 30.0 Å². The van der Waals surface area contributed by atoms with Crippen molar-refractivity contribution in [2.45, 2.75) is 32.9 Å². The number of aliphatic hydroxyl groups excluding tert-OH is 1. The van der Waals surface area contributed by atoms with Gasteiger partial charge in [0.2, 0.25) is 0 Å². The Balaban J connectivity index is 2.32. The summed E-state index contributed by atoms with van der Waals surface area (Å²) in [5, 5.41) is 14.4. The van der Waals surface area contributed by atoms with Crippen molar-refractivity contribution in [1.29, 1.82) is 0 Å². The number of rotatable bonds is 4. The maximum absolute atomic E-state index is 13.9. The molecule has 0 spiro atoms. The van der Waals surface area contributed by atoms with E-state index in [4.69, 9.17) is 0 Å². The summed E-state index contributed by atoms with van der Waals surface area (Å²) in [6.07, 6.45) is -1.14. The standard InChI is InChI=1S/C14H15BrF2N2O/c1-3-19-12(6-8(2)18-19)13(20)7-9-11(16)5-4-10(15)14(9)17/h4-6,13,20H,3,7H2,1-2H3. The van der Waals surface area contributed by atoms with Crippen molar-refractivity contribution in [1.82, 2.24) is 9.78 Å². The average molecular weight is 345 g/mol. The molecule has 1 unspecified atom stereocenters. The molecule has 0 saturated heterocycles. The molecule has 3 nitrogen and oxygen atoms in total. The Hall–Kier alpha value is -1.27. The van der Waals surface area contributed by atoms with Gasteiger partial charge in [0.15, 0.2) is 0 Å². The second-order valence-electron chi connectivity index (χ2n) is 4.57. The van der Waals surface area contributed by atoms with Gasteiger partial charge < -0.3 is 5.11 Å². The molecule has 0 aliphatic carbocycles. The molecule has 2 aromatic rings. The third-order valence-corrected chi connectivity index (χ3v) is 3.72. The van der Waals surface area contributed by atoms with Gasteiger partial charge in [-0.2, -0.15) is 5.10 Å². The molecule has 0 fully saturated rings. The number of benzene rings is 1. The van der Waals surface area contributed by atoms with Crippen LogP contribution in [0.3, 0.4) is 0 Å². The van der Waals surface area contributed by atoms with Gasteiger partial charge in [-0.3, -0.25) is 4.68 Å². The number of aromatic nitrogens is 2. The van der Waals surface area contributed by atoms with E-state index in [0.717, 1.165) is 5.69 Å². The summed E-state index contributed by atoms with van der Waals surface area (Å²) in [4.78, 5) is 0. The summed E-state index contributed by atoms with van der Waals surface area (Å²) in [6, 6.07) is 4.21. The van der Waals surface area contributed by atoms with Gasteiger partial charge in [-0.1, -0.05) is 0 Å². The largest absolute Gasteiger partial charge is 0.386 e. The summed E-state index contributed by atoms with van der Waals surface area (Å²) in [6.45, 7) is 4.29. The summed E-state index contributed by atoms with van der Waals surface area (Å²) in [7, 11) is 0. The van der Waals surface area contributed by atoms with Gasteiger partial charge in [-0.25, -0.2) is 8.78 Å². The van der Waals surface area contributed by atoms with Crippen LogP contribution in [0, 0.1) is 18.6 Å². The van der Waals surface area contributed by atoms with E-state index in [2.05, 4.69) is 21.0 Å². The minimum absolute atomic E-state index is 0.131. The molecule has 1 aromatic carbocycles. The van der Waals surface area contributed by atoms with Crippen molar-refractivity contribution in [3.05, 3.63) is 51.3 Å². The minimum Gasteiger partial charge on any atom is -0.386 e. The molecule has 6 heteroatoms. The molecule has 2 rings (SSSR count). The fourth-order valence-electron chi connectivity index (χ4n) is 2.14. The Morgan fingerprint density at radius 1 is 1.40 bits per heavy atom. The number of hydrogen-bond donors (Lipinski definition) is 1. The molecule has 1 atom stereocenters. The van der Waals surface area contributed by atoms with E-state index in [9.17, 15) is 13.9 Å². The lowest BCUT2D eigenvalue weighted by molar-refractivity contribution is 0.164. The zero-order chi connectivity index (χ0) is 14.9. The molecule has 20 heavy (non-hydrogen) atoms. The molecular formula is C14H15BrF2N2O. The molecule has 0 radical (unpaired) electrons. The van der Waals surface area contributed by atoms with E-state index in [1.165, 1.54) is 12.1 Å². The van der Waals surface area contributed by atoms with E-state index in [1.54, 1.807) is 10.7 Å². The zero-order valence-corrected chi connectivity index (χ0v) is 12.8. The monoisotopic (exact) mass is 344 g/mol. The van der Waals surface area contributed by atoms with Crippen molar-refractivity contribution >= 4 is 15.9 Å². The van der Waals surface area contributed by atoms with E-state index >= 15 is 0 Å². The predicted octanol–water partition coefficient (Wildman–Crippen LogP) is 3.53. The molecule has 1 heterocycles. The quantitative estimate of drug-likeness (QED) is 0.861. The molecule has 1 aromatic heterocycles. The lowest BCUT2D eigenvalue weighted by Crippen LogP contribution is -2.12. The SMILES string of the molecule is CCn1nc(C)cc1C(O)Cc1c(F)ccc(Br)c1F. The van der Waals surface area contributed by atoms with Gasteiger partial charge in [0.1, 0.15) is 11.6 Å². The van der Waals surface area contributed by atoms with Crippen molar-refractivity contribution in [3.63, 3.8) is 0 Å². The van der Waals surface area contributed by atoms with Gasteiger partial charge in [0, 0.05) is 18.5 Å². The highest BCUT2D eigenvalue weighted by molar-refractivity contribution is 9.10. The van der Waals surface area contributed by atoms with Crippen molar-refractivity contribution < 1.29 is 13.9 Å². The number of hydrogen-bond acceptors (Lipinski definition) is 2. The highest BCUT2D eigenvalue weighted by Crippen LogP contribution is 2.26. The van der Waals surface area contributed by atoms with Crippen LogP contribution in [0.4, 0.5) is 8.78 Å². The Kier molecular flexibility index (Phi) is 4.55. The molecule has 0 saturated carbocycles. The summed E-state index contributed by atoms with van der Waals surface area (Å²) >= 11 is 3.02. The first kappa shape index (κ1) is 15.1. The third-order valence-electron chi connectivity index (χ3n) is 3.11. The Bertz CT molecular complexity index is 628. The smallest absolute Gasteiger partial charge is 0.143 e. The lowest BCUT2D eigenvalue weighted by Gasteiger charge is -2.14. The van der Waals surface area contributed by atoms with E-state index in [-0.39, 0.29) is 16.5 Å². The second-order valence-corrected chi connectivity index (χ2v) is 5.42. The number of aliphatic hydroxyl groups is 1. The van der Waals surface area contributed by atoms with Gasteiger partial charge >= 0.3 is 0 Å². The maximum Gasteiger partial charge on any atom is 0.143 e. The van der Waals surface area contributed by atoms with Gasteiger partial charge in [-0.15, -0.1) is 0 Å². The number of aryl methyl sites for hydroxylation is 2. The number of halogens is 3. The van der Waals surface area contributed by atoms with E-state index in [1.807, 2.05) is 13.8 Å². The molecule has 1 N–H and O–H groups in total. The van der Waals surface area contributed by atoms with Crippen LogP contribution in [0.5, 0.6) is 0 Å². The fraction of sp³-hybridized carbons (Fsp3) is 0.357. The Morgan fingerprint density at radius 2 is 2.10 bits per heavy atom. The van der Waals surface area contributed by atoms with Gasteiger partial charge in [0.05, 0.1) is 22.0 Å². The lowest BCUT2D eigenvalue weighted by atomic mass is 10.0. The molecule has 0 bridgehead atoms. The average Bonchev–Trinajstić information content (AvgIpc) is 2.80. The molecule has 0 amide bonds. The Morgan fingerprint density at radius 3 is 2.75 bits per heavy atom. The molecule has 108 valence electrons. The highest BCUT2D eigenvalue weighted by atomic mass is 79.9. The first-order chi connectivity index (χ1) is 9.43. The van der Waals surface area contributed by atoms with Crippen LogP contribution in [0.25, 0.3) is 0 Å². The summed E-state index contributed by atoms with van der Waals surface area (Å²) < 4.78 is 29.4.